The molecule has 0 aromatic carbocycles. The Morgan fingerprint density at radius 1 is 1.33 bits per heavy atom. The number of hydrogen-bond acceptors (Lipinski definition) is 4. The normalized spacial score (nSPS) is 26.3. The van der Waals surface area contributed by atoms with Crippen molar-refractivity contribution in [3.63, 3.8) is 0 Å². The standard InChI is InChI=1S/C13H24N2O3/c1-17-8-5-14-4-2-3-12(11-14)13(16)15-6-9-18-10-7-15/h12H,2-11H2,1H3. The number of carbonyl (C=O) groups excluding carboxylic acids is 1. The van der Waals surface area contributed by atoms with E-state index in [-0.39, 0.29) is 5.92 Å². The minimum Gasteiger partial charge on any atom is -0.383 e. The Morgan fingerprint density at radius 2 is 2.11 bits per heavy atom. The largest absolute Gasteiger partial charge is 0.383 e. The molecule has 2 heterocycles. The molecule has 0 radical (unpaired) electrons. The van der Waals surface area contributed by atoms with Crippen molar-refractivity contribution in [1.29, 1.82) is 0 Å². The summed E-state index contributed by atoms with van der Waals surface area (Å²) in [5, 5.41) is 0. The van der Waals surface area contributed by atoms with Crippen LogP contribution >= 0.6 is 0 Å². The highest BCUT2D eigenvalue weighted by Crippen LogP contribution is 2.19. The van der Waals surface area contributed by atoms with Gasteiger partial charge < -0.3 is 19.3 Å². The van der Waals surface area contributed by atoms with Crippen LogP contribution < -0.4 is 0 Å². The van der Waals surface area contributed by atoms with Gasteiger partial charge in [-0.1, -0.05) is 0 Å². The molecule has 5 heteroatoms. The molecule has 18 heavy (non-hydrogen) atoms. The summed E-state index contributed by atoms with van der Waals surface area (Å²) in [7, 11) is 1.72. The Morgan fingerprint density at radius 3 is 2.83 bits per heavy atom. The minimum atomic E-state index is 0.175. The maximum absolute atomic E-state index is 12.4. The van der Waals surface area contributed by atoms with Crippen LogP contribution in [0.3, 0.4) is 0 Å². The number of morpholine rings is 1. The third kappa shape index (κ3) is 3.67. The van der Waals surface area contributed by atoms with Gasteiger partial charge in [0.15, 0.2) is 0 Å². The number of amides is 1. The van der Waals surface area contributed by atoms with E-state index in [2.05, 4.69) is 4.90 Å². The van der Waals surface area contributed by atoms with E-state index in [1.807, 2.05) is 4.90 Å². The van der Waals surface area contributed by atoms with E-state index in [1.54, 1.807) is 7.11 Å². The van der Waals surface area contributed by atoms with Crippen molar-refractivity contribution in [2.75, 3.05) is 59.7 Å². The van der Waals surface area contributed by atoms with Crippen LogP contribution in [0.2, 0.25) is 0 Å². The number of piperidine rings is 1. The summed E-state index contributed by atoms with van der Waals surface area (Å²) < 4.78 is 10.4. The van der Waals surface area contributed by atoms with Gasteiger partial charge in [-0.3, -0.25) is 4.79 Å². The first-order valence-electron chi connectivity index (χ1n) is 6.89. The number of hydrogen-bond donors (Lipinski definition) is 0. The van der Waals surface area contributed by atoms with Gasteiger partial charge >= 0.3 is 0 Å². The van der Waals surface area contributed by atoms with Gasteiger partial charge in [-0.15, -0.1) is 0 Å². The molecule has 0 N–H and O–H groups in total. The number of nitrogens with zero attached hydrogens (tertiary/aromatic N) is 2. The predicted octanol–water partition coefficient (Wildman–Crippen LogP) is 0.204. The summed E-state index contributed by atoms with van der Waals surface area (Å²) in [5.41, 5.74) is 0. The molecule has 2 aliphatic heterocycles. The van der Waals surface area contributed by atoms with Gasteiger partial charge in [0.2, 0.25) is 5.91 Å². The van der Waals surface area contributed by atoms with Crippen molar-refractivity contribution < 1.29 is 14.3 Å². The number of rotatable bonds is 4. The van der Waals surface area contributed by atoms with Gasteiger partial charge in [0.1, 0.15) is 0 Å². The first-order chi connectivity index (χ1) is 8.81. The quantitative estimate of drug-likeness (QED) is 0.721. The average Bonchev–Trinajstić information content (AvgIpc) is 2.45. The van der Waals surface area contributed by atoms with E-state index in [9.17, 15) is 4.79 Å². The maximum Gasteiger partial charge on any atom is 0.227 e. The molecule has 2 fully saturated rings. The molecule has 1 amide bonds. The van der Waals surface area contributed by atoms with E-state index in [4.69, 9.17) is 9.47 Å². The molecular weight excluding hydrogens is 232 g/mol. The molecule has 2 aliphatic rings. The highest BCUT2D eigenvalue weighted by molar-refractivity contribution is 5.79. The zero-order valence-electron chi connectivity index (χ0n) is 11.3. The third-order valence-corrected chi connectivity index (χ3v) is 3.79. The van der Waals surface area contributed by atoms with Gasteiger partial charge in [0, 0.05) is 33.3 Å². The Hall–Kier alpha value is -0.650. The minimum absolute atomic E-state index is 0.175. The van der Waals surface area contributed by atoms with E-state index in [0.717, 1.165) is 52.2 Å². The van der Waals surface area contributed by atoms with Gasteiger partial charge in [0.05, 0.1) is 25.7 Å². The lowest BCUT2D eigenvalue weighted by Gasteiger charge is -2.36. The lowest BCUT2D eigenvalue weighted by molar-refractivity contribution is -0.141. The molecule has 0 aromatic rings. The number of ether oxygens (including phenoxy) is 2. The zero-order chi connectivity index (χ0) is 12.8. The second kappa shape index (κ2) is 7.07. The van der Waals surface area contributed by atoms with Crippen LogP contribution in [-0.2, 0) is 14.3 Å². The molecule has 0 spiro atoms. The fourth-order valence-corrected chi connectivity index (χ4v) is 2.72. The molecule has 0 aliphatic carbocycles. The summed E-state index contributed by atoms with van der Waals surface area (Å²) in [6.07, 6.45) is 2.14. The molecule has 104 valence electrons. The highest BCUT2D eigenvalue weighted by Gasteiger charge is 2.29. The first kappa shape index (κ1) is 13.8. The second-order valence-corrected chi connectivity index (χ2v) is 5.07. The van der Waals surface area contributed by atoms with Crippen LogP contribution in [0.1, 0.15) is 12.8 Å². The number of methoxy groups -OCH3 is 1. The molecule has 0 bridgehead atoms. The van der Waals surface area contributed by atoms with E-state index in [1.165, 1.54) is 0 Å². The molecule has 1 unspecified atom stereocenters. The summed E-state index contributed by atoms with van der Waals surface area (Å²) in [6, 6.07) is 0. The molecule has 2 rings (SSSR count). The SMILES string of the molecule is COCCN1CCCC(C(=O)N2CCOCC2)C1. The average molecular weight is 256 g/mol. The van der Waals surface area contributed by atoms with Crippen LogP contribution in [0, 0.1) is 5.92 Å². The van der Waals surface area contributed by atoms with Crippen molar-refractivity contribution in [1.82, 2.24) is 9.80 Å². The summed E-state index contributed by atoms with van der Waals surface area (Å²) in [4.78, 5) is 16.7. The molecule has 5 nitrogen and oxygen atoms in total. The Bertz CT molecular complexity index is 267. The Kier molecular flexibility index (Phi) is 5.41. The third-order valence-electron chi connectivity index (χ3n) is 3.79. The smallest absolute Gasteiger partial charge is 0.227 e. The molecule has 0 aromatic heterocycles. The van der Waals surface area contributed by atoms with Gasteiger partial charge in [-0.2, -0.15) is 0 Å². The van der Waals surface area contributed by atoms with Crippen molar-refractivity contribution in [2.45, 2.75) is 12.8 Å². The van der Waals surface area contributed by atoms with Crippen molar-refractivity contribution in [2.24, 2.45) is 5.92 Å². The monoisotopic (exact) mass is 256 g/mol. The second-order valence-electron chi connectivity index (χ2n) is 5.07. The van der Waals surface area contributed by atoms with Crippen molar-refractivity contribution >= 4 is 5.91 Å². The van der Waals surface area contributed by atoms with Crippen LogP contribution in [0.5, 0.6) is 0 Å². The first-order valence-corrected chi connectivity index (χ1v) is 6.89. The summed E-state index contributed by atoms with van der Waals surface area (Å²) in [6.45, 7) is 6.55. The van der Waals surface area contributed by atoms with Crippen LogP contribution in [0.25, 0.3) is 0 Å². The maximum atomic E-state index is 12.4. The zero-order valence-corrected chi connectivity index (χ0v) is 11.3. The van der Waals surface area contributed by atoms with Crippen molar-refractivity contribution in [3.8, 4) is 0 Å². The van der Waals surface area contributed by atoms with Gasteiger partial charge in [-0.25, -0.2) is 0 Å². The molecule has 1 atom stereocenters. The summed E-state index contributed by atoms with van der Waals surface area (Å²) >= 11 is 0. The van der Waals surface area contributed by atoms with Crippen molar-refractivity contribution in [3.05, 3.63) is 0 Å². The van der Waals surface area contributed by atoms with E-state index >= 15 is 0 Å². The van der Waals surface area contributed by atoms with Crippen LogP contribution in [0.15, 0.2) is 0 Å². The van der Waals surface area contributed by atoms with Crippen LogP contribution in [-0.4, -0.2) is 75.4 Å². The predicted molar refractivity (Wildman–Crippen MR) is 68.4 cm³/mol. The topological polar surface area (TPSA) is 42.0 Å². The van der Waals surface area contributed by atoms with Gasteiger partial charge in [-0.05, 0) is 19.4 Å². The van der Waals surface area contributed by atoms with E-state index < -0.39 is 0 Å². The number of carbonyl (C=O) groups is 1. The Balaban J connectivity index is 1.81. The summed E-state index contributed by atoms with van der Waals surface area (Å²) in [5.74, 6) is 0.495. The molecule has 0 saturated carbocycles. The number of likely N-dealkylation sites (tertiary alicyclic amines) is 1. The van der Waals surface area contributed by atoms with Gasteiger partial charge in [0.25, 0.3) is 0 Å². The fourth-order valence-electron chi connectivity index (χ4n) is 2.72. The molecule has 2 saturated heterocycles. The van der Waals surface area contributed by atoms with E-state index in [0.29, 0.717) is 19.1 Å². The lowest BCUT2D eigenvalue weighted by Crippen LogP contribution is -2.48. The highest BCUT2D eigenvalue weighted by atomic mass is 16.5. The fraction of sp³-hybridized carbons (Fsp3) is 0.923. The van der Waals surface area contributed by atoms with Crippen LogP contribution in [0.4, 0.5) is 0 Å². The lowest BCUT2D eigenvalue weighted by atomic mass is 9.96. The Labute approximate surface area is 109 Å². The molecular formula is C13H24N2O3.